The highest BCUT2D eigenvalue weighted by Gasteiger charge is 2.45. The van der Waals surface area contributed by atoms with Gasteiger partial charge in [0.05, 0.1) is 34.7 Å². The van der Waals surface area contributed by atoms with Gasteiger partial charge in [0.25, 0.3) is 5.56 Å². The van der Waals surface area contributed by atoms with Crippen molar-refractivity contribution in [1.29, 1.82) is 0 Å². The maximum atomic E-state index is 14.4. The van der Waals surface area contributed by atoms with Crippen LogP contribution >= 0.6 is 0 Å². The lowest BCUT2D eigenvalue weighted by Crippen LogP contribution is -2.44. The molecule has 3 N–H and O–H groups in total. The average molecular weight is 467 g/mol. The fraction of sp³-hybridized carbons (Fsp3) is 0.400. The molecule has 0 unspecified atom stereocenters. The van der Waals surface area contributed by atoms with Crippen LogP contribution in [0.5, 0.6) is 0 Å². The van der Waals surface area contributed by atoms with Crippen molar-refractivity contribution in [2.45, 2.75) is 51.9 Å². The number of hydrogen-bond acceptors (Lipinski definition) is 7. The number of hydrogen-bond donors (Lipinski definition) is 3. The molecule has 1 aromatic carbocycles. The third kappa shape index (κ3) is 3.22. The molecule has 1 atom stereocenters. The topological polar surface area (TPSA) is 114 Å². The van der Waals surface area contributed by atoms with E-state index in [0.29, 0.717) is 35.4 Å². The van der Waals surface area contributed by atoms with Crippen molar-refractivity contribution in [3.05, 3.63) is 56.6 Å². The number of cyclic esters (lactones) is 1. The van der Waals surface area contributed by atoms with E-state index >= 15 is 0 Å². The number of aryl methyl sites for hydroxylation is 1. The number of aliphatic hydroxyl groups excluding tert-OH is 1. The van der Waals surface area contributed by atoms with Gasteiger partial charge in [-0.15, -0.1) is 0 Å². The van der Waals surface area contributed by atoms with E-state index < -0.39 is 11.6 Å². The molecule has 5 rings (SSSR count). The van der Waals surface area contributed by atoms with Gasteiger partial charge in [-0.1, -0.05) is 6.92 Å². The van der Waals surface area contributed by atoms with Gasteiger partial charge in [0, 0.05) is 35.7 Å². The molecule has 8 nitrogen and oxygen atoms in total. The summed E-state index contributed by atoms with van der Waals surface area (Å²) in [6.07, 6.45) is 1.43. The molecular weight excluding hydrogens is 441 g/mol. The average Bonchev–Trinajstić information content (AvgIpc) is 3.19. The lowest BCUT2D eigenvalue weighted by Gasteiger charge is -2.31. The summed E-state index contributed by atoms with van der Waals surface area (Å²) in [5, 5.41) is 24.3. The van der Waals surface area contributed by atoms with E-state index in [9.17, 15) is 19.1 Å². The van der Waals surface area contributed by atoms with E-state index in [1.807, 2.05) is 0 Å². The number of carbonyl (C=O) groups is 1. The molecular formula is C25H26FN3O5. The van der Waals surface area contributed by atoms with E-state index in [-0.39, 0.29) is 48.7 Å². The van der Waals surface area contributed by atoms with E-state index in [0.717, 1.165) is 23.1 Å². The second kappa shape index (κ2) is 8.18. The van der Waals surface area contributed by atoms with E-state index in [1.54, 1.807) is 30.5 Å². The van der Waals surface area contributed by atoms with Crippen LogP contribution in [0.25, 0.3) is 22.3 Å². The first-order chi connectivity index (χ1) is 16.3. The van der Waals surface area contributed by atoms with Gasteiger partial charge < -0.3 is 24.8 Å². The van der Waals surface area contributed by atoms with Crippen molar-refractivity contribution in [2.75, 3.05) is 18.5 Å². The molecule has 0 aliphatic carbocycles. The number of nitrogens with one attached hydrogen (secondary N) is 1. The van der Waals surface area contributed by atoms with Gasteiger partial charge in [0.2, 0.25) is 0 Å². The van der Waals surface area contributed by atoms with Crippen molar-refractivity contribution < 1.29 is 24.1 Å². The summed E-state index contributed by atoms with van der Waals surface area (Å²) in [5.41, 5.74) is 1.71. The van der Waals surface area contributed by atoms with Gasteiger partial charge in [-0.25, -0.2) is 14.2 Å². The SMILES string of the molecule is CC[C@@]1(O)C(=O)OCc2c1cc1n(c2=O)Cc2c-1nc1cc(F)c(C)cc1c2NCCCCO. The molecule has 0 bridgehead atoms. The Labute approximate surface area is 195 Å². The lowest BCUT2D eigenvalue weighted by atomic mass is 9.86. The van der Waals surface area contributed by atoms with Gasteiger partial charge in [0.1, 0.15) is 12.4 Å². The van der Waals surface area contributed by atoms with Crippen LogP contribution in [0.1, 0.15) is 48.4 Å². The van der Waals surface area contributed by atoms with E-state index in [4.69, 9.17) is 14.8 Å². The minimum Gasteiger partial charge on any atom is -0.458 e. The number of nitrogens with zero attached hydrogens (tertiary/aromatic N) is 2. The van der Waals surface area contributed by atoms with Gasteiger partial charge >= 0.3 is 5.97 Å². The Balaban J connectivity index is 1.74. The minimum absolute atomic E-state index is 0.0574. The summed E-state index contributed by atoms with van der Waals surface area (Å²) in [6.45, 7) is 4.07. The van der Waals surface area contributed by atoms with Crippen molar-refractivity contribution in [3.63, 3.8) is 0 Å². The molecule has 0 saturated heterocycles. The molecule has 3 aromatic rings. The normalized spacial score (nSPS) is 18.4. The van der Waals surface area contributed by atoms with Crippen LogP contribution in [-0.4, -0.2) is 38.9 Å². The number of anilines is 1. The molecule has 2 aliphatic heterocycles. The number of pyridine rings is 2. The number of benzene rings is 1. The summed E-state index contributed by atoms with van der Waals surface area (Å²) in [5.74, 6) is -1.16. The first-order valence-corrected chi connectivity index (χ1v) is 11.4. The number of fused-ring (bicyclic) bond motifs is 5. The predicted octanol–water partition coefficient (Wildman–Crippen LogP) is 2.71. The number of ether oxygens (including phenoxy) is 1. The summed E-state index contributed by atoms with van der Waals surface area (Å²) in [7, 11) is 0. The highest BCUT2D eigenvalue weighted by atomic mass is 19.1. The number of aromatic nitrogens is 2. The Kier molecular flexibility index (Phi) is 5.41. The molecule has 34 heavy (non-hydrogen) atoms. The van der Waals surface area contributed by atoms with Gasteiger partial charge in [-0.2, -0.15) is 0 Å². The van der Waals surface area contributed by atoms with Crippen LogP contribution < -0.4 is 10.9 Å². The molecule has 9 heteroatoms. The number of esters is 1. The Morgan fingerprint density at radius 3 is 2.76 bits per heavy atom. The van der Waals surface area contributed by atoms with Gasteiger partial charge in [-0.05, 0) is 43.9 Å². The molecule has 2 aliphatic rings. The molecule has 178 valence electrons. The number of aliphatic hydroxyl groups is 2. The monoisotopic (exact) mass is 467 g/mol. The Morgan fingerprint density at radius 2 is 2.03 bits per heavy atom. The summed E-state index contributed by atoms with van der Waals surface area (Å²) < 4.78 is 21.1. The Morgan fingerprint density at radius 1 is 1.24 bits per heavy atom. The van der Waals surface area contributed by atoms with Crippen LogP contribution in [0.15, 0.2) is 23.0 Å². The van der Waals surface area contributed by atoms with Crippen LogP contribution in [0.3, 0.4) is 0 Å². The molecule has 0 spiro atoms. The molecule has 0 amide bonds. The maximum Gasteiger partial charge on any atom is 0.343 e. The molecule has 0 radical (unpaired) electrons. The summed E-state index contributed by atoms with van der Waals surface area (Å²) in [6, 6.07) is 4.76. The highest BCUT2D eigenvalue weighted by molar-refractivity contribution is 5.97. The van der Waals surface area contributed by atoms with Crippen LogP contribution in [0.4, 0.5) is 10.1 Å². The van der Waals surface area contributed by atoms with Crippen LogP contribution in [0.2, 0.25) is 0 Å². The number of unbranched alkanes of at least 4 members (excludes halogenated alkanes) is 1. The predicted molar refractivity (Wildman–Crippen MR) is 124 cm³/mol. The number of rotatable bonds is 6. The second-order valence-corrected chi connectivity index (χ2v) is 8.89. The zero-order valence-corrected chi connectivity index (χ0v) is 19.1. The fourth-order valence-electron chi connectivity index (χ4n) is 4.86. The Bertz CT molecular complexity index is 1400. The fourth-order valence-corrected chi connectivity index (χ4v) is 4.86. The number of carbonyl (C=O) groups excluding carboxylic acids is 1. The van der Waals surface area contributed by atoms with Gasteiger partial charge in [-0.3, -0.25) is 4.79 Å². The minimum atomic E-state index is -1.91. The zero-order valence-electron chi connectivity index (χ0n) is 19.1. The quantitative estimate of drug-likeness (QED) is 0.295. The van der Waals surface area contributed by atoms with Crippen molar-refractivity contribution in [1.82, 2.24) is 9.55 Å². The third-order valence-corrected chi connectivity index (χ3v) is 6.85. The molecule has 0 saturated carbocycles. The number of halogens is 1. The molecule has 0 fully saturated rings. The largest absolute Gasteiger partial charge is 0.458 e. The maximum absolute atomic E-state index is 14.4. The first kappa shape index (κ1) is 22.5. The first-order valence-electron chi connectivity index (χ1n) is 11.4. The van der Waals surface area contributed by atoms with Crippen LogP contribution in [0, 0.1) is 12.7 Å². The zero-order chi connectivity index (χ0) is 24.2. The van der Waals surface area contributed by atoms with Crippen molar-refractivity contribution >= 4 is 22.6 Å². The van der Waals surface area contributed by atoms with Gasteiger partial charge in [0.15, 0.2) is 5.60 Å². The lowest BCUT2D eigenvalue weighted by molar-refractivity contribution is -0.172. The highest BCUT2D eigenvalue weighted by Crippen LogP contribution is 2.42. The standard InChI is InChI=1S/C25H26FN3O5/c1-3-25(33)17-9-20-22-15(11-29(20)23(31)16(17)12-34-24(25)32)21(27-6-4-5-7-30)14-8-13(2)18(26)10-19(14)28-22/h8-10,30,33H,3-7,11-12H2,1-2H3,(H,27,28)/t25-/m0/s1. The van der Waals surface area contributed by atoms with E-state index in [1.165, 1.54) is 6.07 Å². The second-order valence-electron chi connectivity index (χ2n) is 8.89. The Hall–Kier alpha value is -3.30. The van der Waals surface area contributed by atoms with Crippen LogP contribution in [-0.2, 0) is 28.3 Å². The van der Waals surface area contributed by atoms with E-state index in [2.05, 4.69) is 5.32 Å². The van der Waals surface area contributed by atoms with Crippen molar-refractivity contribution in [2.24, 2.45) is 0 Å². The third-order valence-electron chi connectivity index (χ3n) is 6.85. The molecule has 4 heterocycles. The summed E-state index contributed by atoms with van der Waals surface area (Å²) in [4.78, 5) is 30.5. The smallest absolute Gasteiger partial charge is 0.343 e. The van der Waals surface area contributed by atoms with Crippen molar-refractivity contribution in [3.8, 4) is 11.4 Å². The molecule has 2 aromatic heterocycles. The summed E-state index contributed by atoms with van der Waals surface area (Å²) >= 11 is 0.